The van der Waals surface area contributed by atoms with Gasteiger partial charge in [-0.3, -0.25) is 4.79 Å². The molecule has 4 nitrogen and oxygen atoms in total. The first-order valence-electron chi connectivity index (χ1n) is 8.48. The SMILES string of the molecule is CCCn1c(=O)c(NCCCCCCl)nc2sc3ccccc3c21. The first-order chi connectivity index (χ1) is 11.8. The van der Waals surface area contributed by atoms with Crippen LogP contribution in [0.5, 0.6) is 0 Å². The van der Waals surface area contributed by atoms with Gasteiger partial charge in [0.05, 0.1) is 5.52 Å². The zero-order valence-corrected chi connectivity index (χ0v) is 15.4. The van der Waals surface area contributed by atoms with E-state index in [0.717, 1.165) is 48.0 Å². The van der Waals surface area contributed by atoms with E-state index in [0.29, 0.717) is 18.2 Å². The summed E-state index contributed by atoms with van der Waals surface area (Å²) in [6, 6.07) is 8.19. The fourth-order valence-corrected chi connectivity index (χ4v) is 4.16. The highest BCUT2D eigenvalue weighted by molar-refractivity contribution is 7.25. The van der Waals surface area contributed by atoms with Crippen LogP contribution in [0.15, 0.2) is 29.1 Å². The molecule has 6 heteroatoms. The van der Waals surface area contributed by atoms with Gasteiger partial charge in [0.25, 0.3) is 5.56 Å². The molecule has 0 atom stereocenters. The van der Waals surface area contributed by atoms with Crippen LogP contribution < -0.4 is 10.9 Å². The summed E-state index contributed by atoms with van der Waals surface area (Å²) < 4.78 is 3.05. The van der Waals surface area contributed by atoms with E-state index >= 15 is 0 Å². The number of thiophene rings is 1. The minimum Gasteiger partial charge on any atom is -0.365 e. The molecule has 24 heavy (non-hydrogen) atoms. The number of alkyl halides is 1. The van der Waals surface area contributed by atoms with Gasteiger partial charge >= 0.3 is 0 Å². The molecular weight excluding hydrogens is 342 g/mol. The van der Waals surface area contributed by atoms with Crippen molar-refractivity contribution in [1.29, 1.82) is 0 Å². The lowest BCUT2D eigenvalue weighted by Crippen LogP contribution is -2.25. The molecule has 3 aromatic rings. The summed E-state index contributed by atoms with van der Waals surface area (Å²) >= 11 is 7.34. The highest BCUT2D eigenvalue weighted by Gasteiger charge is 2.15. The average molecular weight is 364 g/mol. The number of unbranched alkanes of at least 4 members (excludes halogenated alkanes) is 2. The molecule has 2 heterocycles. The number of aryl methyl sites for hydroxylation is 1. The highest BCUT2D eigenvalue weighted by atomic mass is 35.5. The van der Waals surface area contributed by atoms with Crippen LogP contribution in [0.4, 0.5) is 5.82 Å². The maximum Gasteiger partial charge on any atom is 0.293 e. The minimum atomic E-state index is -0.0229. The summed E-state index contributed by atoms with van der Waals surface area (Å²) in [6.07, 6.45) is 3.97. The lowest BCUT2D eigenvalue weighted by molar-refractivity contribution is 0.676. The van der Waals surface area contributed by atoms with Crippen LogP contribution in [0.2, 0.25) is 0 Å². The Morgan fingerprint density at radius 2 is 2.08 bits per heavy atom. The molecule has 1 N–H and O–H groups in total. The molecule has 0 unspecified atom stereocenters. The molecule has 0 spiro atoms. The Labute approximate surface area is 150 Å². The number of aromatic nitrogens is 2. The summed E-state index contributed by atoms with van der Waals surface area (Å²) in [5.41, 5.74) is 0.945. The highest BCUT2D eigenvalue weighted by Crippen LogP contribution is 2.32. The van der Waals surface area contributed by atoms with Gasteiger partial charge in [-0.25, -0.2) is 4.98 Å². The van der Waals surface area contributed by atoms with Crippen molar-refractivity contribution < 1.29 is 0 Å². The van der Waals surface area contributed by atoms with Gasteiger partial charge in [0, 0.05) is 29.1 Å². The summed E-state index contributed by atoms with van der Waals surface area (Å²) in [7, 11) is 0. The molecule has 2 aromatic heterocycles. The molecule has 3 rings (SSSR count). The minimum absolute atomic E-state index is 0.0229. The zero-order valence-electron chi connectivity index (χ0n) is 13.8. The first-order valence-corrected chi connectivity index (χ1v) is 9.83. The number of hydrogen-bond acceptors (Lipinski definition) is 4. The lowest BCUT2D eigenvalue weighted by atomic mass is 10.2. The van der Waals surface area contributed by atoms with E-state index in [4.69, 9.17) is 11.6 Å². The monoisotopic (exact) mass is 363 g/mol. The van der Waals surface area contributed by atoms with Crippen LogP contribution in [0.1, 0.15) is 32.6 Å². The lowest BCUT2D eigenvalue weighted by Gasteiger charge is -2.10. The number of fused-ring (bicyclic) bond motifs is 3. The van der Waals surface area contributed by atoms with E-state index in [1.54, 1.807) is 11.3 Å². The second-order valence-corrected chi connectivity index (χ2v) is 7.25. The van der Waals surface area contributed by atoms with Crippen molar-refractivity contribution in [2.75, 3.05) is 17.7 Å². The number of halogens is 1. The van der Waals surface area contributed by atoms with E-state index in [9.17, 15) is 4.79 Å². The van der Waals surface area contributed by atoms with Crippen molar-refractivity contribution in [3.05, 3.63) is 34.6 Å². The predicted molar refractivity (Wildman–Crippen MR) is 105 cm³/mol. The summed E-state index contributed by atoms with van der Waals surface area (Å²) in [6.45, 7) is 3.55. The van der Waals surface area contributed by atoms with Crippen LogP contribution in [0.25, 0.3) is 20.4 Å². The van der Waals surface area contributed by atoms with Gasteiger partial charge in [-0.15, -0.1) is 22.9 Å². The molecule has 1 aromatic carbocycles. The standard InChI is InChI=1S/C18H22ClN3OS/c1-2-12-22-15-13-8-4-5-9-14(13)24-17(15)21-16(18(22)23)20-11-7-3-6-10-19/h4-5,8-9H,2-3,6-7,10-12H2,1H3,(H,20,21). The summed E-state index contributed by atoms with van der Waals surface area (Å²) in [4.78, 5) is 18.4. The van der Waals surface area contributed by atoms with Gasteiger partial charge in [-0.1, -0.05) is 31.5 Å². The van der Waals surface area contributed by atoms with Gasteiger partial charge in [-0.2, -0.15) is 0 Å². The van der Waals surface area contributed by atoms with Crippen LogP contribution in [0, 0.1) is 0 Å². The molecule has 0 aliphatic carbocycles. The zero-order chi connectivity index (χ0) is 16.9. The van der Waals surface area contributed by atoms with Crippen LogP contribution in [-0.4, -0.2) is 22.0 Å². The number of anilines is 1. The van der Waals surface area contributed by atoms with Gasteiger partial charge < -0.3 is 9.88 Å². The molecule has 0 fully saturated rings. The molecule has 0 amide bonds. The van der Waals surface area contributed by atoms with Gasteiger partial charge in [0.15, 0.2) is 5.82 Å². The Hall–Kier alpha value is -1.59. The van der Waals surface area contributed by atoms with E-state index in [1.165, 1.54) is 4.70 Å². The number of nitrogens with zero attached hydrogens (tertiary/aromatic N) is 2. The van der Waals surface area contributed by atoms with Gasteiger partial charge in [-0.05, 0) is 25.3 Å². The largest absolute Gasteiger partial charge is 0.365 e. The number of benzene rings is 1. The Morgan fingerprint density at radius 3 is 2.88 bits per heavy atom. The van der Waals surface area contributed by atoms with Crippen LogP contribution >= 0.6 is 22.9 Å². The molecule has 0 saturated carbocycles. The Bertz CT molecular complexity index is 887. The maximum atomic E-state index is 12.9. The molecule has 0 bridgehead atoms. The fourth-order valence-electron chi connectivity index (χ4n) is 2.89. The number of nitrogens with one attached hydrogen (secondary N) is 1. The Morgan fingerprint density at radius 1 is 1.25 bits per heavy atom. The molecule has 0 aliphatic rings. The smallest absolute Gasteiger partial charge is 0.293 e. The van der Waals surface area contributed by atoms with Crippen molar-refractivity contribution in [2.45, 2.75) is 39.2 Å². The van der Waals surface area contributed by atoms with Crippen molar-refractivity contribution in [2.24, 2.45) is 0 Å². The third-order valence-electron chi connectivity index (χ3n) is 4.03. The predicted octanol–water partition coefficient (Wildman–Crippen LogP) is 4.84. The van der Waals surface area contributed by atoms with E-state index < -0.39 is 0 Å². The van der Waals surface area contributed by atoms with E-state index in [1.807, 2.05) is 16.7 Å². The van der Waals surface area contributed by atoms with Gasteiger partial charge in [0.1, 0.15) is 4.83 Å². The average Bonchev–Trinajstić information content (AvgIpc) is 2.96. The molecule has 128 valence electrons. The maximum absolute atomic E-state index is 12.9. The van der Waals surface area contributed by atoms with Crippen molar-refractivity contribution in [3.63, 3.8) is 0 Å². The fraction of sp³-hybridized carbons (Fsp3) is 0.444. The van der Waals surface area contributed by atoms with Crippen LogP contribution in [0.3, 0.4) is 0 Å². The number of hydrogen-bond donors (Lipinski definition) is 1. The Kier molecular flexibility index (Phi) is 5.74. The molecular formula is C18H22ClN3OS. The Balaban J connectivity index is 2.00. The first kappa shape index (κ1) is 17.2. The van der Waals surface area contributed by atoms with E-state index in [2.05, 4.69) is 29.4 Å². The summed E-state index contributed by atoms with van der Waals surface area (Å²) in [5, 5.41) is 4.34. The van der Waals surface area contributed by atoms with Crippen LogP contribution in [-0.2, 0) is 6.54 Å². The van der Waals surface area contributed by atoms with Crippen molar-refractivity contribution >= 4 is 49.2 Å². The van der Waals surface area contributed by atoms with E-state index in [-0.39, 0.29) is 5.56 Å². The topological polar surface area (TPSA) is 46.9 Å². The quantitative estimate of drug-likeness (QED) is 0.460. The third kappa shape index (κ3) is 3.42. The van der Waals surface area contributed by atoms with Gasteiger partial charge in [0.2, 0.25) is 0 Å². The second-order valence-electron chi connectivity index (χ2n) is 5.85. The molecule has 0 saturated heterocycles. The summed E-state index contributed by atoms with van der Waals surface area (Å²) in [5.74, 6) is 1.16. The molecule has 0 aliphatic heterocycles. The normalized spacial score (nSPS) is 11.4. The third-order valence-corrected chi connectivity index (χ3v) is 5.35. The van der Waals surface area contributed by atoms with Crippen molar-refractivity contribution in [1.82, 2.24) is 9.55 Å². The second kappa shape index (κ2) is 7.99. The molecule has 0 radical (unpaired) electrons. The number of rotatable bonds is 8. The van der Waals surface area contributed by atoms with Crippen molar-refractivity contribution in [3.8, 4) is 0 Å².